The first-order valence-corrected chi connectivity index (χ1v) is 6.62. The highest BCUT2D eigenvalue weighted by Gasteiger charge is 2.46. The second kappa shape index (κ2) is 3.52. The molecule has 2 nitrogen and oxygen atoms in total. The lowest BCUT2D eigenvalue weighted by molar-refractivity contribution is -0.0725. The summed E-state index contributed by atoms with van der Waals surface area (Å²) in [7, 11) is 4.25. The van der Waals surface area contributed by atoms with E-state index in [0.29, 0.717) is 11.7 Å². The van der Waals surface area contributed by atoms with Crippen molar-refractivity contribution < 1.29 is 8.95 Å². The van der Waals surface area contributed by atoms with Gasteiger partial charge in [-0.2, -0.15) is 0 Å². The van der Waals surface area contributed by atoms with Crippen molar-refractivity contribution in [1.82, 2.24) is 0 Å². The molecule has 13 heavy (non-hydrogen) atoms. The summed E-state index contributed by atoms with van der Waals surface area (Å²) in [6.07, 6.45) is 0.929. The molecule has 0 aromatic heterocycles. The lowest BCUT2D eigenvalue weighted by Gasteiger charge is -2.26. The minimum atomic E-state index is -1.24. The zero-order chi connectivity index (χ0) is 10.3. The van der Waals surface area contributed by atoms with Gasteiger partial charge in [-0.05, 0) is 44.8 Å². The average Bonchev–Trinajstić information content (AvgIpc) is 1.98. The van der Waals surface area contributed by atoms with Crippen LogP contribution in [0.2, 0.25) is 0 Å². The quantitative estimate of drug-likeness (QED) is 0.674. The molecule has 0 amide bonds. The summed E-state index contributed by atoms with van der Waals surface area (Å²) in [5, 5.41) is 0. The van der Waals surface area contributed by atoms with Crippen molar-refractivity contribution in [2.75, 3.05) is 5.75 Å². The van der Waals surface area contributed by atoms with E-state index < -0.39 is 10.0 Å². The second-order valence-electron chi connectivity index (χ2n) is 4.82. The van der Waals surface area contributed by atoms with E-state index in [4.69, 9.17) is 15.4 Å². The van der Waals surface area contributed by atoms with Crippen LogP contribution in [0.4, 0.5) is 0 Å². The van der Waals surface area contributed by atoms with Crippen LogP contribution in [-0.2, 0) is 14.7 Å². The van der Waals surface area contributed by atoms with Gasteiger partial charge in [-0.25, -0.2) is 4.21 Å². The Kier molecular flexibility index (Phi) is 3.11. The van der Waals surface area contributed by atoms with E-state index in [-0.39, 0.29) is 11.2 Å². The van der Waals surface area contributed by atoms with Gasteiger partial charge < -0.3 is 4.74 Å². The van der Waals surface area contributed by atoms with Crippen LogP contribution in [0.3, 0.4) is 0 Å². The van der Waals surface area contributed by atoms with Crippen LogP contribution >= 0.6 is 10.7 Å². The summed E-state index contributed by atoms with van der Waals surface area (Å²) in [5.74, 6) is 0.818. The minimum absolute atomic E-state index is 0.107. The van der Waals surface area contributed by atoms with Crippen molar-refractivity contribution in [3.05, 3.63) is 0 Å². The molecule has 78 valence electrons. The highest BCUT2D eigenvalue weighted by Crippen LogP contribution is 2.42. The highest BCUT2D eigenvalue weighted by atomic mass is 35.7. The lowest BCUT2D eigenvalue weighted by atomic mass is 9.89. The molecule has 0 bridgehead atoms. The Morgan fingerprint density at radius 3 is 2.31 bits per heavy atom. The molecule has 1 heterocycles. The van der Waals surface area contributed by atoms with E-state index in [9.17, 15) is 4.21 Å². The molecule has 0 aromatic rings. The van der Waals surface area contributed by atoms with Crippen molar-refractivity contribution in [3.8, 4) is 0 Å². The van der Waals surface area contributed by atoms with Gasteiger partial charge in [-0.3, -0.25) is 0 Å². The molecule has 0 aromatic carbocycles. The van der Waals surface area contributed by atoms with Gasteiger partial charge in [0.2, 0.25) is 0 Å². The Balaban J connectivity index is 2.70. The maximum Gasteiger partial charge on any atom is 0.115 e. The average molecular weight is 225 g/mol. The van der Waals surface area contributed by atoms with Crippen LogP contribution in [0.1, 0.15) is 34.1 Å². The van der Waals surface area contributed by atoms with Crippen LogP contribution in [0.5, 0.6) is 0 Å². The zero-order valence-electron chi connectivity index (χ0n) is 8.59. The third kappa shape index (κ3) is 2.93. The van der Waals surface area contributed by atoms with Crippen LogP contribution in [0, 0.1) is 5.92 Å². The molecule has 0 radical (unpaired) electrons. The summed E-state index contributed by atoms with van der Waals surface area (Å²) < 4.78 is 16.8. The highest BCUT2D eigenvalue weighted by molar-refractivity contribution is 8.08. The number of ether oxygens (including phenoxy) is 1. The van der Waals surface area contributed by atoms with Crippen LogP contribution in [-0.4, -0.2) is 21.2 Å². The molecule has 1 aliphatic heterocycles. The fraction of sp³-hybridized carbons (Fsp3) is 1.00. The van der Waals surface area contributed by atoms with E-state index in [0.717, 1.165) is 6.42 Å². The molecule has 0 N–H and O–H groups in total. The Hall–Kier alpha value is 0.400. The van der Waals surface area contributed by atoms with E-state index in [1.807, 2.05) is 13.8 Å². The number of rotatable bonds is 2. The van der Waals surface area contributed by atoms with Gasteiger partial charge in [-0.1, -0.05) is 0 Å². The molecule has 0 saturated carbocycles. The Bertz CT molecular complexity index is 226. The monoisotopic (exact) mass is 224 g/mol. The normalized spacial score (nSPS) is 33.2. The molecule has 2 atom stereocenters. The predicted octanol–water partition coefficient (Wildman–Crippen LogP) is 2.48. The first-order chi connectivity index (χ1) is 5.73. The standard InChI is InChI=1S/C9H17ClO2S/c1-8(2)5-7(6-13(10)11)9(3,4)12-8/h7H,5-6H2,1-4H3. The van der Waals surface area contributed by atoms with Gasteiger partial charge in [0.1, 0.15) is 10.0 Å². The number of hydrogen-bond acceptors (Lipinski definition) is 2. The smallest absolute Gasteiger partial charge is 0.115 e. The zero-order valence-corrected chi connectivity index (χ0v) is 10.2. The Morgan fingerprint density at radius 1 is 1.46 bits per heavy atom. The summed E-state index contributed by atoms with van der Waals surface area (Å²) in [6.45, 7) is 8.20. The Labute approximate surface area is 86.9 Å². The first-order valence-electron chi connectivity index (χ1n) is 4.48. The fourth-order valence-corrected chi connectivity index (χ4v) is 3.39. The van der Waals surface area contributed by atoms with Crippen molar-refractivity contribution in [2.24, 2.45) is 5.92 Å². The van der Waals surface area contributed by atoms with Gasteiger partial charge in [-0.15, -0.1) is 0 Å². The van der Waals surface area contributed by atoms with Crippen molar-refractivity contribution in [1.29, 1.82) is 0 Å². The van der Waals surface area contributed by atoms with Crippen molar-refractivity contribution >= 4 is 20.7 Å². The summed E-state index contributed by atoms with van der Waals surface area (Å²) in [5.41, 5.74) is -0.307. The molecule has 1 saturated heterocycles. The van der Waals surface area contributed by atoms with Crippen molar-refractivity contribution in [2.45, 2.75) is 45.3 Å². The first kappa shape index (κ1) is 11.5. The van der Waals surface area contributed by atoms with Crippen LogP contribution < -0.4 is 0 Å². The molecule has 1 fully saturated rings. The SMILES string of the molecule is CC1(C)CC(CS(=O)Cl)C(C)(C)O1. The molecule has 0 spiro atoms. The maximum absolute atomic E-state index is 10.9. The molecule has 4 heteroatoms. The Morgan fingerprint density at radius 2 is 2.00 bits per heavy atom. The second-order valence-corrected chi connectivity index (χ2v) is 6.77. The van der Waals surface area contributed by atoms with Crippen molar-refractivity contribution in [3.63, 3.8) is 0 Å². The van der Waals surface area contributed by atoms with Crippen LogP contribution in [0.15, 0.2) is 0 Å². The third-order valence-corrected chi connectivity index (χ3v) is 3.64. The molecule has 2 unspecified atom stereocenters. The maximum atomic E-state index is 10.9. The lowest BCUT2D eigenvalue weighted by Crippen LogP contribution is -2.31. The van der Waals surface area contributed by atoms with Crippen LogP contribution in [0.25, 0.3) is 0 Å². The molecular weight excluding hydrogens is 208 g/mol. The minimum Gasteiger partial charge on any atom is -0.369 e. The van der Waals surface area contributed by atoms with Gasteiger partial charge in [0.15, 0.2) is 0 Å². The molecular formula is C9H17ClO2S. The topological polar surface area (TPSA) is 26.3 Å². The summed E-state index contributed by atoms with van der Waals surface area (Å²) in [6, 6.07) is 0. The molecule has 0 aliphatic carbocycles. The van der Waals surface area contributed by atoms with Gasteiger partial charge >= 0.3 is 0 Å². The van der Waals surface area contributed by atoms with E-state index in [1.165, 1.54) is 0 Å². The third-order valence-electron chi connectivity index (χ3n) is 2.59. The summed E-state index contributed by atoms with van der Waals surface area (Å²) in [4.78, 5) is 0. The number of halogens is 1. The largest absolute Gasteiger partial charge is 0.369 e. The molecule has 1 rings (SSSR count). The summed E-state index contributed by atoms with van der Waals surface area (Å²) >= 11 is 0. The predicted molar refractivity (Wildman–Crippen MR) is 56.2 cm³/mol. The number of hydrogen-bond donors (Lipinski definition) is 0. The fourth-order valence-electron chi connectivity index (χ4n) is 2.09. The van der Waals surface area contributed by atoms with Gasteiger partial charge in [0, 0.05) is 11.7 Å². The molecule has 1 aliphatic rings. The van der Waals surface area contributed by atoms with E-state index >= 15 is 0 Å². The van der Waals surface area contributed by atoms with Gasteiger partial charge in [0.05, 0.1) is 11.2 Å². The van der Waals surface area contributed by atoms with E-state index in [1.54, 1.807) is 0 Å². The van der Waals surface area contributed by atoms with Gasteiger partial charge in [0.25, 0.3) is 0 Å². The van der Waals surface area contributed by atoms with E-state index in [2.05, 4.69) is 13.8 Å².